The summed E-state index contributed by atoms with van der Waals surface area (Å²) in [4.78, 5) is 2.98. The summed E-state index contributed by atoms with van der Waals surface area (Å²) in [7, 11) is -3.57. The van der Waals surface area contributed by atoms with Gasteiger partial charge in [0.1, 0.15) is 0 Å². The van der Waals surface area contributed by atoms with Crippen LogP contribution in [0.4, 0.5) is 0 Å². The van der Waals surface area contributed by atoms with Crippen LogP contribution in [0, 0.1) is 0 Å². The van der Waals surface area contributed by atoms with Crippen LogP contribution in [-0.2, 0) is 23.1 Å². The van der Waals surface area contributed by atoms with E-state index >= 15 is 0 Å². The Morgan fingerprint density at radius 1 is 1.24 bits per heavy atom. The minimum Gasteiger partial charge on any atom is -0.454 e. The van der Waals surface area contributed by atoms with Crippen LogP contribution in [0.5, 0.6) is 11.5 Å². The summed E-state index contributed by atoms with van der Waals surface area (Å²) in [6.07, 6.45) is 1.42. The first-order valence-corrected chi connectivity index (χ1v) is 7.82. The molecule has 0 aliphatic carbocycles. The second-order valence-electron chi connectivity index (χ2n) is 4.58. The molecule has 1 aliphatic heterocycles. The summed E-state index contributed by atoms with van der Waals surface area (Å²) in [5, 5.41) is 0. The van der Waals surface area contributed by atoms with Gasteiger partial charge < -0.3 is 20.2 Å². The van der Waals surface area contributed by atoms with Crippen LogP contribution in [0.1, 0.15) is 11.3 Å². The molecule has 0 spiro atoms. The Kier molecular flexibility index (Phi) is 3.58. The Labute approximate surface area is 122 Å². The van der Waals surface area contributed by atoms with Crippen molar-refractivity contribution in [3.05, 3.63) is 41.7 Å². The number of nitrogens with one attached hydrogen (secondary N) is 2. The maximum Gasteiger partial charge on any atom is 0.242 e. The fraction of sp³-hybridized carbons (Fsp3) is 0.231. The van der Waals surface area contributed by atoms with Crippen molar-refractivity contribution in [1.82, 2.24) is 9.71 Å². The Morgan fingerprint density at radius 3 is 2.81 bits per heavy atom. The van der Waals surface area contributed by atoms with E-state index in [0.717, 1.165) is 5.56 Å². The molecule has 0 atom stereocenters. The van der Waals surface area contributed by atoms with E-state index in [4.69, 9.17) is 15.2 Å². The van der Waals surface area contributed by atoms with E-state index in [9.17, 15) is 8.42 Å². The average Bonchev–Trinajstić information content (AvgIpc) is 3.13. The summed E-state index contributed by atoms with van der Waals surface area (Å²) in [6, 6.07) is 6.82. The van der Waals surface area contributed by atoms with E-state index < -0.39 is 10.0 Å². The van der Waals surface area contributed by atoms with Crippen molar-refractivity contribution in [2.45, 2.75) is 18.0 Å². The summed E-state index contributed by atoms with van der Waals surface area (Å²) in [6.45, 7) is 0.621. The molecular formula is C13H15N3O4S. The zero-order valence-electron chi connectivity index (χ0n) is 11.1. The smallest absolute Gasteiger partial charge is 0.242 e. The summed E-state index contributed by atoms with van der Waals surface area (Å²) in [5.41, 5.74) is 6.91. The fourth-order valence-corrected chi connectivity index (χ4v) is 3.04. The van der Waals surface area contributed by atoms with Gasteiger partial charge in [0.15, 0.2) is 11.5 Å². The molecule has 0 amide bonds. The van der Waals surface area contributed by atoms with E-state index in [1.165, 1.54) is 12.3 Å². The normalized spacial score (nSPS) is 13.6. The molecule has 2 heterocycles. The molecule has 3 rings (SSSR count). The van der Waals surface area contributed by atoms with Gasteiger partial charge >= 0.3 is 0 Å². The number of nitrogens with two attached hydrogens (primary N) is 1. The molecule has 0 radical (unpaired) electrons. The van der Waals surface area contributed by atoms with Gasteiger partial charge in [0.25, 0.3) is 0 Å². The van der Waals surface area contributed by atoms with E-state index in [1.807, 2.05) is 0 Å². The molecule has 2 aromatic rings. The molecular weight excluding hydrogens is 294 g/mol. The monoisotopic (exact) mass is 309 g/mol. The van der Waals surface area contributed by atoms with Crippen molar-refractivity contribution in [2.75, 3.05) is 6.79 Å². The molecule has 1 aromatic carbocycles. The minimum absolute atomic E-state index is 0.169. The maximum atomic E-state index is 12.1. The molecule has 1 aromatic heterocycles. The zero-order valence-corrected chi connectivity index (χ0v) is 11.9. The molecule has 112 valence electrons. The van der Waals surface area contributed by atoms with Gasteiger partial charge in [-0.15, -0.1) is 0 Å². The second-order valence-corrected chi connectivity index (χ2v) is 6.34. The van der Waals surface area contributed by atoms with Crippen LogP contribution in [0.25, 0.3) is 0 Å². The lowest BCUT2D eigenvalue weighted by Gasteiger charge is -2.06. The lowest BCUT2D eigenvalue weighted by atomic mass is 10.2. The molecule has 0 fully saturated rings. The van der Waals surface area contributed by atoms with Crippen molar-refractivity contribution in [3.63, 3.8) is 0 Å². The molecule has 4 N–H and O–H groups in total. The predicted octanol–water partition coefficient (Wildman–Crippen LogP) is 0.681. The lowest BCUT2D eigenvalue weighted by Crippen LogP contribution is -2.22. The largest absolute Gasteiger partial charge is 0.454 e. The van der Waals surface area contributed by atoms with Gasteiger partial charge in [-0.05, 0) is 23.8 Å². The van der Waals surface area contributed by atoms with E-state index in [0.29, 0.717) is 17.2 Å². The van der Waals surface area contributed by atoms with E-state index in [-0.39, 0.29) is 24.8 Å². The average molecular weight is 309 g/mol. The number of hydrogen-bond donors (Lipinski definition) is 3. The number of hydrogen-bond acceptors (Lipinski definition) is 5. The first kappa shape index (κ1) is 13.9. The van der Waals surface area contributed by atoms with Crippen LogP contribution >= 0.6 is 0 Å². The second kappa shape index (κ2) is 5.40. The molecule has 21 heavy (non-hydrogen) atoms. The minimum atomic E-state index is -3.57. The first-order chi connectivity index (χ1) is 10.1. The Balaban J connectivity index is 1.71. The highest BCUT2D eigenvalue weighted by atomic mass is 32.2. The first-order valence-electron chi connectivity index (χ1n) is 6.34. The van der Waals surface area contributed by atoms with Gasteiger partial charge in [-0.1, -0.05) is 6.07 Å². The highest BCUT2D eigenvalue weighted by Crippen LogP contribution is 2.32. The van der Waals surface area contributed by atoms with Crippen LogP contribution in [0.2, 0.25) is 0 Å². The standard InChI is InChI=1S/C13H15N3O4S/c14-5-10-4-11(7-15-10)21(17,18)16-6-9-1-2-12-13(3-9)20-8-19-12/h1-4,7,15-16H,5-6,8,14H2. The van der Waals surface area contributed by atoms with Crippen molar-refractivity contribution in [3.8, 4) is 11.5 Å². The highest BCUT2D eigenvalue weighted by Gasteiger charge is 2.17. The Morgan fingerprint density at radius 2 is 2.05 bits per heavy atom. The molecule has 0 saturated heterocycles. The lowest BCUT2D eigenvalue weighted by molar-refractivity contribution is 0.174. The van der Waals surface area contributed by atoms with Crippen LogP contribution < -0.4 is 19.9 Å². The number of aromatic amines is 1. The number of fused-ring (bicyclic) bond motifs is 1. The van der Waals surface area contributed by atoms with E-state index in [2.05, 4.69) is 9.71 Å². The zero-order chi connectivity index (χ0) is 14.9. The number of benzene rings is 1. The number of rotatable bonds is 5. The van der Waals surface area contributed by atoms with Gasteiger partial charge in [-0.2, -0.15) is 0 Å². The third kappa shape index (κ3) is 2.87. The van der Waals surface area contributed by atoms with Crippen LogP contribution in [0.15, 0.2) is 35.4 Å². The van der Waals surface area contributed by atoms with Gasteiger partial charge in [-0.25, -0.2) is 13.1 Å². The van der Waals surface area contributed by atoms with Gasteiger partial charge in [0, 0.05) is 25.0 Å². The van der Waals surface area contributed by atoms with Gasteiger partial charge in [-0.3, -0.25) is 0 Å². The summed E-state index contributed by atoms with van der Waals surface area (Å²) < 4.78 is 37.3. The SMILES string of the molecule is NCc1cc(S(=O)(=O)NCc2ccc3c(c2)OCO3)c[nH]1. The molecule has 0 saturated carbocycles. The number of aromatic nitrogens is 1. The van der Waals surface area contributed by atoms with Crippen LogP contribution in [0.3, 0.4) is 0 Å². The number of sulfonamides is 1. The molecule has 8 heteroatoms. The summed E-state index contributed by atoms with van der Waals surface area (Å²) >= 11 is 0. The number of H-pyrrole nitrogens is 1. The highest BCUT2D eigenvalue weighted by molar-refractivity contribution is 7.89. The quantitative estimate of drug-likeness (QED) is 0.753. The molecule has 0 unspecified atom stereocenters. The maximum absolute atomic E-state index is 12.1. The van der Waals surface area contributed by atoms with Crippen molar-refractivity contribution in [2.24, 2.45) is 5.73 Å². The third-order valence-electron chi connectivity index (χ3n) is 3.15. The van der Waals surface area contributed by atoms with E-state index in [1.54, 1.807) is 18.2 Å². The third-order valence-corrected chi connectivity index (χ3v) is 4.53. The van der Waals surface area contributed by atoms with Crippen LogP contribution in [-0.4, -0.2) is 20.2 Å². The number of ether oxygens (including phenoxy) is 2. The molecule has 1 aliphatic rings. The molecule has 7 nitrogen and oxygen atoms in total. The van der Waals surface area contributed by atoms with Crippen molar-refractivity contribution < 1.29 is 17.9 Å². The Bertz CT molecular complexity index is 755. The summed E-state index contributed by atoms with van der Waals surface area (Å²) in [5.74, 6) is 1.29. The van der Waals surface area contributed by atoms with Crippen molar-refractivity contribution >= 4 is 10.0 Å². The molecule has 0 bridgehead atoms. The topological polar surface area (TPSA) is 106 Å². The van der Waals surface area contributed by atoms with Crippen molar-refractivity contribution in [1.29, 1.82) is 0 Å². The Hall–Kier alpha value is -2.03. The fourth-order valence-electron chi connectivity index (χ4n) is 2.00. The van der Waals surface area contributed by atoms with Gasteiger partial charge in [0.05, 0.1) is 4.90 Å². The van der Waals surface area contributed by atoms with Gasteiger partial charge in [0.2, 0.25) is 16.8 Å². The predicted molar refractivity (Wildman–Crippen MR) is 75.3 cm³/mol.